The van der Waals surface area contributed by atoms with Gasteiger partial charge in [0.1, 0.15) is 11.6 Å². The summed E-state index contributed by atoms with van der Waals surface area (Å²) >= 11 is 12.4. The maximum Gasteiger partial charge on any atom is 0.140 e. The molecule has 0 bridgehead atoms. The first-order valence-corrected chi connectivity index (χ1v) is 9.97. The van der Waals surface area contributed by atoms with Gasteiger partial charge in [-0.05, 0) is 41.1 Å². The van der Waals surface area contributed by atoms with Crippen LogP contribution in [0.2, 0.25) is 10.0 Å². The van der Waals surface area contributed by atoms with Crippen LogP contribution in [0, 0.1) is 0 Å². The summed E-state index contributed by atoms with van der Waals surface area (Å²) in [7, 11) is 1.69. The largest absolute Gasteiger partial charge is 0.496 e. The Morgan fingerprint density at radius 2 is 1.61 bits per heavy atom. The molecule has 0 aromatic heterocycles. The van der Waals surface area contributed by atoms with Gasteiger partial charge in [0.15, 0.2) is 0 Å². The highest BCUT2D eigenvalue weighted by molar-refractivity contribution is 6.35. The van der Waals surface area contributed by atoms with Crippen LogP contribution >= 0.6 is 23.2 Å². The minimum atomic E-state index is 0.566. The summed E-state index contributed by atoms with van der Waals surface area (Å²) in [4.78, 5) is 7.23. The Labute approximate surface area is 174 Å². The van der Waals surface area contributed by atoms with Crippen molar-refractivity contribution in [2.24, 2.45) is 4.99 Å². The van der Waals surface area contributed by atoms with E-state index in [4.69, 9.17) is 32.9 Å². The first-order valence-electron chi connectivity index (χ1n) is 9.21. The first kappa shape index (κ1) is 19.1. The Morgan fingerprint density at radius 3 is 2.25 bits per heavy atom. The Kier molecular flexibility index (Phi) is 5.72. The van der Waals surface area contributed by atoms with Crippen molar-refractivity contribution in [1.29, 1.82) is 0 Å². The summed E-state index contributed by atoms with van der Waals surface area (Å²) in [6.45, 7) is 3.54. The summed E-state index contributed by atoms with van der Waals surface area (Å²) in [6.07, 6.45) is 0. The fourth-order valence-corrected chi connectivity index (χ4v) is 3.98. The first-order chi connectivity index (χ1) is 13.6. The second-order valence-electron chi connectivity index (χ2n) is 6.70. The molecule has 1 aliphatic heterocycles. The van der Waals surface area contributed by atoms with Crippen LogP contribution in [-0.4, -0.2) is 44.0 Å². The lowest BCUT2D eigenvalue weighted by Crippen LogP contribution is -2.46. The highest BCUT2D eigenvalue weighted by atomic mass is 35.5. The van der Waals surface area contributed by atoms with E-state index in [9.17, 15) is 0 Å². The lowest BCUT2D eigenvalue weighted by molar-refractivity contribution is 0.355. The van der Waals surface area contributed by atoms with E-state index in [1.54, 1.807) is 13.2 Å². The van der Waals surface area contributed by atoms with Crippen LogP contribution in [0.25, 0.3) is 10.8 Å². The normalized spacial score (nSPS) is 15.1. The lowest BCUT2D eigenvalue weighted by atomic mass is 10.0. The van der Waals surface area contributed by atoms with Crippen molar-refractivity contribution in [1.82, 2.24) is 10.2 Å². The molecular formula is C22H21Cl2N3O. The fraction of sp³-hybridized carbons (Fsp3) is 0.227. The molecule has 0 atom stereocenters. The molecule has 0 aliphatic carbocycles. The van der Waals surface area contributed by atoms with E-state index < -0.39 is 0 Å². The van der Waals surface area contributed by atoms with Gasteiger partial charge in [0, 0.05) is 36.2 Å². The number of ether oxygens (including phenoxy) is 1. The maximum absolute atomic E-state index is 6.20. The van der Waals surface area contributed by atoms with Crippen LogP contribution in [0.15, 0.2) is 59.6 Å². The van der Waals surface area contributed by atoms with Crippen LogP contribution in [0.1, 0.15) is 5.56 Å². The van der Waals surface area contributed by atoms with Gasteiger partial charge in [-0.15, -0.1) is 0 Å². The molecule has 0 spiro atoms. The summed E-state index contributed by atoms with van der Waals surface area (Å²) in [5, 5.41) is 6.80. The molecule has 0 radical (unpaired) electrons. The number of nitrogens with one attached hydrogen (secondary N) is 1. The molecule has 144 valence electrons. The molecule has 0 saturated carbocycles. The van der Waals surface area contributed by atoms with Gasteiger partial charge < -0.3 is 15.0 Å². The molecule has 4 rings (SSSR count). The third kappa shape index (κ3) is 4.09. The van der Waals surface area contributed by atoms with E-state index in [2.05, 4.69) is 34.5 Å². The molecule has 1 fully saturated rings. The van der Waals surface area contributed by atoms with E-state index in [1.165, 1.54) is 0 Å². The fourth-order valence-electron chi connectivity index (χ4n) is 3.47. The predicted molar refractivity (Wildman–Crippen MR) is 118 cm³/mol. The van der Waals surface area contributed by atoms with Crippen molar-refractivity contribution in [2.45, 2.75) is 0 Å². The third-order valence-corrected chi connectivity index (χ3v) is 5.24. The van der Waals surface area contributed by atoms with Crippen molar-refractivity contribution in [3.05, 3.63) is 70.2 Å². The van der Waals surface area contributed by atoms with Crippen molar-refractivity contribution >= 4 is 45.5 Å². The number of rotatable bonds is 3. The Balaban J connectivity index is 1.90. The van der Waals surface area contributed by atoms with Crippen LogP contribution in [-0.2, 0) is 0 Å². The van der Waals surface area contributed by atoms with Gasteiger partial charge in [0.2, 0.25) is 0 Å². The Morgan fingerprint density at radius 1 is 0.964 bits per heavy atom. The summed E-state index contributed by atoms with van der Waals surface area (Å²) in [6, 6.07) is 17.8. The highest BCUT2D eigenvalue weighted by Crippen LogP contribution is 2.30. The minimum absolute atomic E-state index is 0.566. The molecule has 3 aromatic carbocycles. The number of amidine groups is 1. The van der Waals surface area contributed by atoms with Crippen LogP contribution < -0.4 is 10.1 Å². The number of hydrogen-bond acceptors (Lipinski definition) is 3. The van der Waals surface area contributed by atoms with Crippen molar-refractivity contribution in [3.8, 4) is 5.75 Å². The van der Waals surface area contributed by atoms with Crippen LogP contribution in [0.5, 0.6) is 5.75 Å². The monoisotopic (exact) mass is 413 g/mol. The minimum Gasteiger partial charge on any atom is -0.496 e. The van der Waals surface area contributed by atoms with E-state index in [-0.39, 0.29) is 0 Å². The van der Waals surface area contributed by atoms with Gasteiger partial charge in [-0.3, -0.25) is 0 Å². The molecule has 4 nitrogen and oxygen atoms in total. The smallest absolute Gasteiger partial charge is 0.140 e. The zero-order valence-corrected chi connectivity index (χ0v) is 17.1. The second-order valence-corrected chi connectivity index (χ2v) is 7.57. The third-order valence-electron chi connectivity index (χ3n) is 4.81. The number of methoxy groups -OCH3 is 1. The lowest BCUT2D eigenvalue weighted by Gasteiger charge is -2.31. The summed E-state index contributed by atoms with van der Waals surface area (Å²) in [5.74, 6) is 1.66. The zero-order valence-electron chi connectivity index (χ0n) is 15.6. The average molecular weight is 414 g/mol. The van der Waals surface area contributed by atoms with E-state index in [1.807, 2.05) is 24.3 Å². The molecule has 1 saturated heterocycles. The summed E-state index contributed by atoms with van der Waals surface area (Å²) < 4.78 is 5.74. The second kappa shape index (κ2) is 8.39. The molecule has 6 heteroatoms. The topological polar surface area (TPSA) is 36.9 Å². The van der Waals surface area contributed by atoms with E-state index in [0.717, 1.165) is 59.8 Å². The number of piperazine rings is 1. The number of fused-ring (bicyclic) bond motifs is 1. The number of hydrogen-bond donors (Lipinski definition) is 1. The number of aliphatic imine (C=N–C) groups is 1. The van der Waals surface area contributed by atoms with Gasteiger partial charge >= 0.3 is 0 Å². The molecule has 1 aliphatic rings. The standard InChI is InChI=1S/C22H21Cl2N3O/c1-28-21-11-16-5-3-2-4-15(16)10-20(21)22(27-8-6-25-7-9-27)26-19-13-17(23)12-18(24)14-19/h2-5,10-14,25H,6-9H2,1H3. The molecule has 0 amide bonds. The van der Waals surface area contributed by atoms with Gasteiger partial charge in [-0.2, -0.15) is 0 Å². The van der Waals surface area contributed by atoms with Gasteiger partial charge in [-0.25, -0.2) is 4.99 Å². The number of benzene rings is 3. The quantitative estimate of drug-likeness (QED) is 0.477. The van der Waals surface area contributed by atoms with Gasteiger partial charge in [-0.1, -0.05) is 47.5 Å². The molecular weight excluding hydrogens is 393 g/mol. The molecule has 1 heterocycles. The van der Waals surface area contributed by atoms with Crippen LogP contribution in [0.4, 0.5) is 5.69 Å². The van der Waals surface area contributed by atoms with Gasteiger partial charge in [0.05, 0.1) is 18.4 Å². The van der Waals surface area contributed by atoms with Crippen LogP contribution in [0.3, 0.4) is 0 Å². The van der Waals surface area contributed by atoms with E-state index in [0.29, 0.717) is 10.0 Å². The average Bonchev–Trinajstić information content (AvgIpc) is 2.71. The van der Waals surface area contributed by atoms with E-state index >= 15 is 0 Å². The molecule has 3 aromatic rings. The number of nitrogens with zero attached hydrogens (tertiary/aromatic N) is 2. The zero-order chi connectivity index (χ0) is 19.5. The molecule has 1 N–H and O–H groups in total. The predicted octanol–water partition coefficient (Wildman–Crippen LogP) is 5.14. The number of halogens is 2. The SMILES string of the molecule is COc1cc2ccccc2cc1C(=Nc1cc(Cl)cc(Cl)c1)N1CCNCC1. The highest BCUT2D eigenvalue weighted by Gasteiger charge is 2.20. The summed E-state index contributed by atoms with van der Waals surface area (Å²) in [5.41, 5.74) is 1.68. The van der Waals surface area contributed by atoms with Crippen molar-refractivity contribution < 1.29 is 4.74 Å². The maximum atomic E-state index is 6.20. The van der Waals surface area contributed by atoms with Crippen molar-refractivity contribution in [2.75, 3.05) is 33.3 Å². The molecule has 0 unspecified atom stereocenters. The Hall–Kier alpha value is -2.27. The van der Waals surface area contributed by atoms with Crippen molar-refractivity contribution in [3.63, 3.8) is 0 Å². The Bertz CT molecular complexity index is 1010. The van der Waals surface area contributed by atoms with Gasteiger partial charge in [0.25, 0.3) is 0 Å². The molecule has 28 heavy (non-hydrogen) atoms.